The van der Waals surface area contributed by atoms with Gasteiger partial charge in [0.2, 0.25) is 0 Å². The largest absolute Gasteiger partial charge is 0.385 e. The molecule has 0 bridgehead atoms. The van der Waals surface area contributed by atoms with Crippen LogP contribution in [0.2, 0.25) is 0 Å². The predicted molar refractivity (Wildman–Crippen MR) is 94.4 cm³/mol. The van der Waals surface area contributed by atoms with Gasteiger partial charge < -0.3 is 11.1 Å². The number of rotatable bonds is 2. The summed E-state index contributed by atoms with van der Waals surface area (Å²) >= 11 is 1.23. The molecule has 4 rings (SSSR count). The number of nitrogens with two attached hydrogens (primary N) is 1. The highest BCUT2D eigenvalue weighted by molar-refractivity contribution is 7.10. The van der Waals surface area contributed by atoms with Crippen LogP contribution in [0, 0.1) is 0 Å². The van der Waals surface area contributed by atoms with Crippen molar-refractivity contribution < 1.29 is 0 Å². The fourth-order valence-corrected chi connectivity index (χ4v) is 3.96. The molecule has 4 N–H and O–H groups in total. The first-order chi connectivity index (χ1) is 11.2. The molecule has 2 heterocycles. The summed E-state index contributed by atoms with van der Waals surface area (Å²) in [6.07, 6.45) is 0. The zero-order valence-corrected chi connectivity index (χ0v) is 13.1. The van der Waals surface area contributed by atoms with E-state index < -0.39 is 0 Å². The van der Waals surface area contributed by atoms with Gasteiger partial charge in [0, 0.05) is 5.57 Å². The van der Waals surface area contributed by atoms with Crippen molar-refractivity contribution in [3.05, 3.63) is 92.2 Å². The number of benzene rings is 2. The zero-order chi connectivity index (χ0) is 15.8. The number of aromatic amines is 1. The van der Waals surface area contributed by atoms with Crippen molar-refractivity contribution in [3.8, 4) is 0 Å². The summed E-state index contributed by atoms with van der Waals surface area (Å²) in [6.45, 7) is 0. The Labute approximate surface area is 137 Å². The second kappa shape index (κ2) is 5.44. The summed E-state index contributed by atoms with van der Waals surface area (Å²) in [7, 11) is 0. The van der Waals surface area contributed by atoms with Gasteiger partial charge in [0.15, 0.2) is 0 Å². The second-order valence-electron chi connectivity index (χ2n) is 5.42. The van der Waals surface area contributed by atoms with Crippen molar-refractivity contribution in [1.82, 2.24) is 4.98 Å². The Kier molecular flexibility index (Phi) is 3.28. The standard InChI is InChI=1S/C18H15N3OS/c19-16-14(12-9-5-2-6-10-12)13(11-7-3-1-4-8-11)15-17(20-16)21-18(22)23-15/h1-10,13,20H,19H2,(H,21,22). The molecule has 3 aromatic rings. The molecule has 23 heavy (non-hydrogen) atoms. The van der Waals surface area contributed by atoms with Gasteiger partial charge in [-0.1, -0.05) is 72.0 Å². The molecule has 114 valence electrons. The van der Waals surface area contributed by atoms with Crippen LogP contribution in [0.1, 0.15) is 21.9 Å². The maximum absolute atomic E-state index is 11.8. The van der Waals surface area contributed by atoms with Crippen LogP contribution < -0.4 is 15.9 Å². The van der Waals surface area contributed by atoms with Gasteiger partial charge in [-0.25, -0.2) is 0 Å². The van der Waals surface area contributed by atoms with Gasteiger partial charge in [0.1, 0.15) is 11.6 Å². The Balaban J connectivity index is 1.97. The average molecular weight is 321 g/mol. The van der Waals surface area contributed by atoms with E-state index in [1.807, 2.05) is 48.5 Å². The van der Waals surface area contributed by atoms with Gasteiger partial charge in [-0.2, -0.15) is 0 Å². The molecule has 1 aliphatic heterocycles. The van der Waals surface area contributed by atoms with Gasteiger partial charge in [-0.15, -0.1) is 0 Å². The first-order valence-corrected chi connectivity index (χ1v) is 8.15. The Morgan fingerprint density at radius 2 is 1.61 bits per heavy atom. The minimum absolute atomic E-state index is 0.0567. The Bertz CT molecular complexity index is 926. The van der Waals surface area contributed by atoms with Crippen LogP contribution >= 0.6 is 11.3 Å². The van der Waals surface area contributed by atoms with E-state index in [2.05, 4.69) is 22.4 Å². The highest BCUT2D eigenvalue weighted by Crippen LogP contribution is 2.45. The third-order valence-corrected chi connectivity index (χ3v) is 4.94. The average Bonchev–Trinajstić information content (AvgIpc) is 2.95. The molecule has 4 nitrogen and oxygen atoms in total. The molecule has 1 unspecified atom stereocenters. The van der Waals surface area contributed by atoms with E-state index in [0.717, 1.165) is 21.6 Å². The van der Waals surface area contributed by atoms with E-state index in [1.165, 1.54) is 11.3 Å². The number of hydrogen-bond acceptors (Lipinski definition) is 4. The van der Waals surface area contributed by atoms with Gasteiger partial charge in [-0.3, -0.25) is 9.78 Å². The number of H-pyrrole nitrogens is 1. The Morgan fingerprint density at radius 3 is 2.30 bits per heavy atom. The summed E-state index contributed by atoms with van der Waals surface area (Å²) in [5.41, 5.74) is 9.48. The Hall–Kier alpha value is -2.79. The van der Waals surface area contributed by atoms with Crippen LogP contribution in [-0.2, 0) is 0 Å². The van der Waals surface area contributed by atoms with Crippen LogP contribution in [0.25, 0.3) is 5.57 Å². The number of hydrogen-bond donors (Lipinski definition) is 3. The van der Waals surface area contributed by atoms with E-state index in [1.54, 1.807) is 0 Å². The highest BCUT2D eigenvalue weighted by atomic mass is 32.1. The Morgan fingerprint density at radius 1 is 0.957 bits per heavy atom. The van der Waals surface area contributed by atoms with Crippen LogP contribution in [0.4, 0.5) is 5.82 Å². The van der Waals surface area contributed by atoms with Crippen molar-refractivity contribution in [2.24, 2.45) is 5.73 Å². The first kappa shape index (κ1) is 13.8. The van der Waals surface area contributed by atoms with E-state index >= 15 is 0 Å². The molecule has 0 saturated heterocycles. The minimum Gasteiger partial charge on any atom is -0.385 e. The summed E-state index contributed by atoms with van der Waals surface area (Å²) in [5.74, 6) is 1.22. The van der Waals surface area contributed by atoms with Gasteiger partial charge in [-0.05, 0) is 11.1 Å². The van der Waals surface area contributed by atoms with Crippen LogP contribution in [0.5, 0.6) is 0 Å². The smallest absolute Gasteiger partial charge is 0.306 e. The first-order valence-electron chi connectivity index (χ1n) is 7.34. The quantitative estimate of drug-likeness (QED) is 0.678. The molecule has 0 saturated carbocycles. The van der Waals surface area contributed by atoms with E-state index in [-0.39, 0.29) is 10.8 Å². The molecule has 1 aromatic heterocycles. The topological polar surface area (TPSA) is 70.9 Å². The maximum Gasteiger partial charge on any atom is 0.306 e. The maximum atomic E-state index is 11.8. The lowest BCUT2D eigenvalue weighted by Gasteiger charge is -2.28. The van der Waals surface area contributed by atoms with E-state index in [9.17, 15) is 4.79 Å². The highest BCUT2D eigenvalue weighted by Gasteiger charge is 2.31. The number of fused-ring (bicyclic) bond motifs is 1. The van der Waals surface area contributed by atoms with E-state index in [4.69, 9.17) is 5.73 Å². The molecule has 0 radical (unpaired) electrons. The lowest BCUT2D eigenvalue weighted by Crippen LogP contribution is -2.22. The molecule has 1 aliphatic rings. The van der Waals surface area contributed by atoms with Crippen LogP contribution in [0.3, 0.4) is 0 Å². The van der Waals surface area contributed by atoms with Gasteiger partial charge >= 0.3 is 4.87 Å². The molecular weight excluding hydrogens is 306 g/mol. The summed E-state index contributed by atoms with van der Waals surface area (Å²) in [5, 5.41) is 3.14. The third kappa shape index (κ3) is 2.35. The molecule has 0 fully saturated rings. The minimum atomic E-state index is -0.0782. The van der Waals surface area contributed by atoms with Crippen LogP contribution in [0.15, 0.2) is 71.3 Å². The number of thiazole rings is 1. The van der Waals surface area contributed by atoms with Crippen molar-refractivity contribution in [2.45, 2.75) is 5.92 Å². The van der Waals surface area contributed by atoms with E-state index in [0.29, 0.717) is 11.6 Å². The third-order valence-electron chi connectivity index (χ3n) is 3.99. The fraction of sp³-hybridized carbons (Fsp3) is 0.0556. The number of allylic oxidation sites excluding steroid dienone is 1. The van der Waals surface area contributed by atoms with Crippen LogP contribution in [-0.4, -0.2) is 4.98 Å². The molecule has 0 aliphatic carbocycles. The lowest BCUT2D eigenvalue weighted by atomic mass is 9.84. The number of aromatic nitrogens is 1. The van der Waals surface area contributed by atoms with Crippen molar-refractivity contribution in [2.75, 3.05) is 5.32 Å². The normalized spacial score (nSPS) is 16.8. The second-order valence-corrected chi connectivity index (χ2v) is 6.43. The van der Waals surface area contributed by atoms with Gasteiger partial charge in [0.05, 0.1) is 10.8 Å². The van der Waals surface area contributed by atoms with Gasteiger partial charge in [0.25, 0.3) is 0 Å². The monoisotopic (exact) mass is 321 g/mol. The molecule has 5 heteroatoms. The molecule has 0 amide bonds. The summed E-state index contributed by atoms with van der Waals surface area (Å²) in [6, 6.07) is 20.2. The fourth-order valence-electron chi connectivity index (χ4n) is 3.03. The predicted octanol–water partition coefficient (Wildman–Crippen LogP) is 3.32. The van der Waals surface area contributed by atoms with Crippen molar-refractivity contribution in [3.63, 3.8) is 0 Å². The SMILES string of the molecule is NC1=C(c2ccccc2)C(c2ccccc2)c2sc(=O)[nH]c2N1. The molecule has 0 spiro atoms. The zero-order valence-electron chi connectivity index (χ0n) is 12.2. The number of nitrogens with one attached hydrogen (secondary N) is 2. The molecule has 1 atom stereocenters. The lowest BCUT2D eigenvalue weighted by molar-refractivity contribution is 1.01. The molecule has 2 aromatic carbocycles. The summed E-state index contributed by atoms with van der Waals surface area (Å²) in [4.78, 5) is 15.6. The van der Waals surface area contributed by atoms with Crippen molar-refractivity contribution in [1.29, 1.82) is 0 Å². The molecular formula is C18H15N3OS. The van der Waals surface area contributed by atoms with Crippen molar-refractivity contribution >= 4 is 22.7 Å². The number of anilines is 1. The summed E-state index contributed by atoms with van der Waals surface area (Å²) < 4.78 is 0.